The molecule has 0 fully saturated rings. The van der Waals surface area contributed by atoms with E-state index < -0.39 is 0 Å². The molecule has 0 heterocycles. The summed E-state index contributed by atoms with van der Waals surface area (Å²) in [5, 5.41) is 9.77. The Morgan fingerprint density at radius 1 is 1.13 bits per heavy atom. The summed E-state index contributed by atoms with van der Waals surface area (Å²) < 4.78 is 10.5. The van der Waals surface area contributed by atoms with Gasteiger partial charge in [-0.05, 0) is 43.7 Å². The highest BCUT2D eigenvalue weighted by molar-refractivity contribution is 5.96. The molecule has 23 heavy (non-hydrogen) atoms. The summed E-state index contributed by atoms with van der Waals surface area (Å²) >= 11 is 0. The van der Waals surface area contributed by atoms with Gasteiger partial charge < -0.3 is 14.6 Å². The van der Waals surface area contributed by atoms with Crippen LogP contribution in [0.3, 0.4) is 0 Å². The van der Waals surface area contributed by atoms with Crippen LogP contribution in [0.1, 0.15) is 40.1 Å². The van der Waals surface area contributed by atoms with Crippen molar-refractivity contribution in [2.45, 2.75) is 20.5 Å². The first kappa shape index (κ1) is 16.5. The van der Waals surface area contributed by atoms with E-state index in [1.165, 1.54) is 19.1 Å². The molecule has 0 atom stereocenters. The van der Waals surface area contributed by atoms with Crippen LogP contribution < -0.4 is 4.74 Å². The van der Waals surface area contributed by atoms with Gasteiger partial charge >= 0.3 is 5.97 Å². The van der Waals surface area contributed by atoms with Gasteiger partial charge in [-0.1, -0.05) is 12.1 Å². The number of ketones is 1. The van der Waals surface area contributed by atoms with Gasteiger partial charge in [-0.25, -0.2) is 4.79 Å². The molecule has 0 radical (unpaired) electrons. The first-order chi connectivity index (χ1) is 11.0. The number of Topliss-reactive ketones (excluding diaryl/α,β-unsaturated/α-hetero) is 1. The zero-order chi connectivity index (χ0) is 16.8. The second kappa shape index (κ2) is 7.45. The van der Waals surface area contributed by atoms with Crippen LogP contribution in [0.5, 0.6) is 11.5 Å². The number of rotatable bonds is 6. The molecule has 2 rings (SSSR count). The molecule has 5 heteroatoms. The number of esters is 1. The third-order valence-corrected chi connectivity index (χ3v) is 3.19. The lowest BCUT2D eigenvalue weighted by Crippen LogP contribution is -2.05. The molecule has 0 aliphatic heterocycles. The Labute approximate surface area is 134 Å². The van der Waals surface area contributed by atoms with Crippen LogP contribution in [0.4, 0.5) is 0 Å². The summed E-state index contributed by atoms with van der Waals surface area (Å²) in [6.07, 6.45) is 0. The average Bonchev–Trinajstić information content (AvgIpc) is 2.53. The Hall–Kier alpha value is -2.82. The lowest BCUT2D eigenvalue weighted by molar-refractivity contribution is 0.0526. The van der Waals surface area contributed by atoms with Crippen molar-refractivity contribution >= 4 is 11.8 Å². The largest absolute Gasteiger partial charge is 0.507 e. The van der Waals surface area contributed by atoms with Gasteiger partial charge in [0.05, 0.1) is 17.7 Å². The number of carbonyl (C=O) groups is 2. The summed E-state index contributed by atoms with van der Waals surface area (Å²) in [4.78, 5) is 23.0. The number of phenols is 1. The maximum Gasteiger partial charge on any atom is 0.338 e. The Morgan fingerprint density at radius 3 is 2.57 bits per heavy atom. The maximum atomic E-state index is 11.7. The van der Waals surface area contributed by atoms with E-state index in [1.807, 2.05) is 6.07 Å². The van der Waals surface area contributed by atoms with Crippen molar-refractivity contribution in [1.82, 2.24) is 0 Å². The molecule has 0 spiro atoms. The van der Waals surface area contributed by atoms with E-state index >= 15 is 0 Å². The van der Waals surface area contributed by atoms with Crippen LogP contribution in [0.25, 0.3) is 0 Å². The summed E-state index contributed by atoms with van der Waals surface area (Å²) in [5.74, 6) is -0.265. The molecule has 0 saturated heterocycles. The Balaban J connectivity index is 2.06. The van der Waals surface area contributed by atoms with E-state index in [1.54, 1.807) is 31.2 Å². The number of hydrogen-bond donors (Lipinski definition) is 1. The second-order valence-electron chi connectivity index (χ2n) is 4.94. The van der Waals surface area contributed by atoms with E-state index in [-0.39, 0.29) is 29.7 Å². The molecule has 0 bridgehead atoms. The number of hydrogen-bond acceptors (Lipinski definition) is 5. The number of aromatic hydroxyl groups is 1. The molecule has 2 aromatic rings. The van der Waals surface area contributed by atoms with Crippen LogP contribution in [-0.2, 0) is 11.3 Å². The third-order valence-electron chi connectivity index (χ3n) is 3.19. The number of phenolic OH excluding ortho intramolecular Hbond substituents is 1. The molecule has 5 nitrogen and oxygen atoms in total. The molecule has 1 N–H and O–H groups in total. The van der Waals surface area contributed by atoms with Crippen LogP contribution in [0.15, 0.2) is 42.5 Å². The molecule has 0 aliphatic carbocycles. The number of ether oxygens (including phenoxy) is 2. The Morgan fingerprint density at radius 2 is 1.91 bits per heavy atom. The molecular formula is C18H18O5. The van der Waals surface area contributed by atoms with Gasteiger partial charge in [-0.2, -0.15) is 0 Å². The monoisotopic (exact) mass is 314 g/mol. The van der Waals surface area contributed by atoms with Crippen molar-refractivity contribution in [3.63, 3.8) is 0 Å². The van der Waals surface area contributed by atoms with Crippen LogP contribution in [0, 0.1) is 0 Å². The van der Waals surface area contributed by atoms with E-state index in [0.29, 0.717) is 17.9 Å². The van der Waals surface area contributed by atoms with Gasteiger partial charge in [0.1, 0.15) is 18.1 Å². The minimum Gasteiger partial charge on any atom is -0.507 e. The van der Waals surface area contributed by atoms with Crippen molar-refractivity contribution in [1.29, 1.82) is 0 Å². The Bertz CT molecular complexity index is 721. The standard InChI is InChI=1S/C18H18O5/c1-3-22-18(21)14-6-4-5-13(9-14)11-23-15-7-8-16(12(2)19)17(20)10-15/h4-10,20H,3,11H2,1-2H3. The predicted molar refractivity (Wildman–Crippen MR) is 84.8 cm³/mol. The quantitative estimate of drug-likeness (QED) is 0.654. The first-order valence-corrected chi connectivity index (χ1v) is 7.24. The number of carbonyl (C=O) groups excluding carboxylic acids is 2. The summed E-state index contributed by atoms with van der Waals surface area (Å²) in [6.45, 7) is 3.69. The summed E-state index contributed by atoms with van der Waals surface area (Å²) in [7, 11) is 0. The van der Waals surface area contributed by atoms with E-state index in [0.717, 1.165) is 5.56 Å². The van der Waals surface area contributed by atoms with Crippen molar-refractivity contribution in [3.8, 4) is 11.5 Å². The van der Waals surface area contributed by atoms with Gasteiger partial charge in [0, 0.05) is 6.07 Å². The van der Waals surface area contributed by atoms with E-state index in [4.69, 9.17) is 9.47 Å². The normalized spacial score (nSPS) is 10.2. The van der Waals surface area contributed by atoms with Crippen molar-refractivity contribution in [2.24, 2.45) is 0 Å². The summed E-state index contributed by atoms with van der Waals surface area (Å²) in [6, 6.07) is 11.5. The predicted octanol–water partition coefficient (Wildman–Crippen LogP) is 3.35. The molecule has 0 aliphatic rings. The molecule has 0 amide bonds. The van der Waals surface area contributed by atoms with E-state index in [2.05, 4.69) is 0 Å². The second-order valence-corrected chi connectivity index (χ2v) is 4.94. The third kappa shape index (κ3) is 4.32. The van der Waals surface area contributed by atoms with Gasteiger partial charge in [-0.3, -0.25) is 4.79 Å². The van der Waals surface area contributed by atoms with Crippen LogP contribution in [-0.4, -0.2) is 23.5 Å². The molecule has 120 valence electrons. The lowest BCUT2D eigenvalue weighted by atomic mass is 10.1. The van der Waals surface area contributed by atoms with Crippen molar-refractivity contribution in [2.75, 3.05) is 6.61 Å². The fourth-order valence-electron chi connectivity index (χ4n) is 2.07. The van der Waals surface area contributed by atoms with E-state index in [9.17, 15) is 14.7 Å². The van der Waals surface area contributed by atoms with Gasteiger partial charge in [0.15, 0.2) is 5.78 Å². The topological polar surface area (TPSA) is 72.8 Å². The maximum absolute atomic E-state index is 11.7. The SMILES string of the molecule is CCOC(=O)c1cccc(COc2ccc(C(C)=O)c(O)c2)c1. The molecule has 0 saturated carbocycles. The highest BCUT2D eigenvalue weighted by Gasteiger charge is 2.09. The highest BCUT2D eigenvalue weighted by atomic mass is 16.5. The minimum atomic E-state index is -0.377. The lowest BCUT2D eigenvalue weighted by Gasteiger charge is -2.09. The fraction of sp³-hybridized carbons (Fsp3) is 0.222. The van der Waals surface area contributed by atoms with Gasteiger partial charge in [-0.15, -0.1) is 0 Å². The zero-order valence-corrected chi connectivity index (χ0v) is 13.0. The highest BCUT2D eigenvalue weighted by Crippen LogP contribution is 2.24. The first-order valence-electron chi connectivity index (χ1n) is 7.24. The smallest absolute Gasteiger partial charge is 0.338 e. The number of benzene rings is 2. The minimum absolute atomic E-state index is 0.115. The average molecular weight is 314 g/mol. The molecular weight excluding hydrogens is 296 g/mol. The van der Waals surface area contributed by atoms with Crippen molar-refractivity contribution in [3.05, 3.63) is 59.2 Å². The van der Waals surface area contributed by atoms with Crippen molar-refractivity contribution < 1.29 is 24.2 Å². The Kier molecular flexibility index (Phi) is 5.36. The van der Waals surface area contributed by atoms with Gasteiger partial charge in [0.25, 0.3) is 0 Å². The zero-order valence-electron chi connectivity index (χ0n) is 13.0. The van der Waals surface area contributed by atoms with Gasteiger partial charge in [0.2, 0.25) is 0 Å². The molecule has 0 unspecified atom stereocenters. The molecule has 2 aromatic carbocycles. The van der Waals surface area contributed by atoms with Crippen LogP contribution >= 0.6 is 0 Å². The fourth-order valence-corrected chi connectivity index (χ4v) is 2.07. The molecule has 0 aromatic heterocycles. The summed E-state index contributed by atoms with van der Waals surface area (Å²) in [5.41, 5.74) is 1.51. The van der Waals surface area contributed by atoms with Crippen LogP contribution in [0.2, 0.25) is 0 Å².